The molecule has 4 N–H and O–H groups in total. The maximum Gasteiger partial charge on any atom is 0.0501 e. The summed E-state index contributed by atoms with van der Waals surface area (Å²) in [5, 5.41) is 9.38. The third kappa shape index (κ3) is 4.58. The molecule has 0 spiro atoms. The smallest absolute Gasteiger partial charge is 0.0501 e. The molecule has 0 saturated carbocycles. The Bertz CT molecular complexity index is 2600. The molecule has 0 heterocycles. The van der Waals surface area contributed by atoms with Crippen molar-refractivity contribution in [3.05, 3.63) is 170 Å². The number of anilines is 2. The van der Waals surface area contributed by atoms with Gasteiger partial charge in [0.1, 0.15) is 0 Å². The molecule has 0 aliphatic heterocycles. The van der Waals surface area contributed by atoms with Gasteiger partial charge in [0.05, 0.1) is 11.4 Å². The topological polar surface area (TPSA) is 52.0 Å². The van der Waals surface area contributed by atoms with Crippen LogP contribution in [0.15, 0.2) is 170 Å². The Labute approximate surface area is 279 Å². The van der Waals surface area contributed by atoms with Crippen LogP contribution in [0.4, 0.5) is 11.4 Å². The van der Waals surface area contributed by atoms with Gasteiger partial charge in [0.15, 0.2) is 0 Å². The van der Waals surface area contributed by atoms with Gasteiger partial charge >= 0.3 is 0 Å². The van der Waals surface area contributed by atoms with E-state index in [4.69, 9.17) is 11.5 Å². The molecule has 48 heavy (non-hydrogen) atoms. The first-order valence-electron chi connectivity index (χ1n) is 16.3. The minimum absolute atomic E-state index is 0.672. The summed E-state index contributed by atoms with van der Waals surface area (Å²) < 4.78 is 0. The molecule has 0 aliphatic carbocycles. The number of nitrogen functional groups attached to an aromatic ring is 2. The van der Waals surface area contributed by atoms with Crippen LogP contribution in [-0.4, -0.2) is 0 Å². The standard InChI is InChI=1S/C46H32N2/c47-45-42(38-22-18-30-10-2-6-14-34(30)26-38)41(37-21-17-29-9-1-5-13-33(29)25-37)43(39-23-19-31-11-3-7-15-35(31)27-39)46(48)44(45)40-24-20-32-12-4-8-16-36(32)28-40/h1-28H,47-48H2. The van der Waals surface area contributed by atoms with E-state index in [2.05, 4.69) is 170 Å². The Balaban J connectivity index is 1.45. The number of hydrogen-bond donors (Lipinski definition) is 2. The van der Waals surface area contributed by atoms with Gasteiger partial charge in [0, 0.05) is 22.3 Å². The summed E-state index contributed by atoms with van der Waals surface area (Å²) >= 11 is 0. The van der Waals surface area contributed by atoms with Crippen LogP contribution in [0, 0.1) is 0 Å². The third-order valence-corrected chi connectivity index (χ3v) is 9.73. The maximum absolute atomic E-state index is 7.44. The van der Waals surface area contributed by atoms with Gasteiger partial charge < -0.3 is 11.5 Å². The summed E-state index contributed by atoms with van der Waals surface area (Å²) in [6.07, 6.45) is 0. The van der Waals surface area contributed by atoms with Gasteiger partial charge in [-0.05, 0) is 89.6 Å². The highest BCUT2D eigenvalue weighted by Crippen LogP contribution is 2.53. The van der Waals surface area contributed by atoms with E-state index in [-0.39, 0.29) is 0 Å². The van der Waals surface area contributed by atoms with Gasteiger partial charge in [0.25, 0.3) is 0 Å². The Morgan fingerprint density at radius 1 is 0.229 bits per heavy atom. The van der Waals surface area contributed by atoms with Crippen molar-refractivity contribution in [1.82, 2.24) is 0 Å². The van der Waals surface area contributed by atoms with Gasteiger partial charge in [-0.2, -0.15) is 0 Å². The lowest BCUT2D eigenvalue weighted by Gasteiger charge is -2.25. The lowest BCUT2D eigenvalue weighted by atomic mass is 9.80. The highest BCUT2D eigenvalue weighted by molar-refractivity contribution is 6.14. The highest BCUT2D eigenvalue weighted by Gasteiger charge is 2.26. The molecule has 0 fully saturated rings. The largest absolute Gasteiger partial charge is 0.398 e. The third-order valence-electron chi connectivity index (χ3n) is 9.73. The summed E-state index contributed by atoms with van der Waals surface area (Å²) in [6.45, 7) is 0. The van der Waals surface area contributed by atoms with Crippen LogP contribution in [0.25, 0.3) is 87.6 Å². The summed E-state index contributed by atoms with van der Waals surface area (Å²) in [6, 6.07) is 60.4. The second kappa shape index (κ2) is 11.2. The van der Waals surface area contributed by atoms with Crippen molar-refractivity contribution in [3.63, 3.8) is 0 Å². The molecule has 0 saturated heterocycles. The van der Waals surface area contributed by atoms with E-state index in [1.807, 2.05) is 0 Å². The van der Waals surface area contributed by atoms with Gasteiger partial charge in [-0.1, -0.05) is 146 Å². The lowest BCUT2D eigenvalue weighted by molar-refractivity contribution is 1.56. The van der Waals surface area contributed by atoms with E-state index in [9.17, 15) is 0 Å². The molecule has 0 amide bonds. The number of hydrogen-bond acceptors (Lipinski definition) is 2. The molecule has 9 aromatic carbocycles. The fourth-order valence-corrected chi connectivity index (χ4v) is 7.37. The molecule has 0 aliphatic rings. The molecule has 226 valence electrons. The Morgan fingerprint density at radius 2 is 0.479 bits per heavy atom. The molecular weight excluding hydrogens is 581 g/mol. The first-order chi connectivity index (χ1) is 23.6. The fraction of sp³-hybridized carbons (Fsp3) is 0. The van der Waals surface area contributed by atoms with E-state index in [1.54, 1.807) is 0 Å². The van der Waals surface area contributed by atoms with Crippen molar-refractivity contribution in [2.45, 2.75) is 0 Å². The Kier molecular flexibility index (Phi) is 6.48. The van der Waals surface area contributed by atoms with E-state index >= 15 is 0 Å². The number of benzene rings is 9. The number of nitrogens with two attached hydrogens (primary N) is 2. The summed E-state index contributed by atoms with van der Waals surface area (Å²) in [7, 11) is 0. The highest BCUT2D eigenvalue weighted by atomic mass is 14.7. The average Bonchev–Trinajstić information content (AvgIpc) is 3.14. The van der Waals surface area contributed by atoms with Crippen LogP contribution in [0.2, 0.25) is 0 Å². The van der Waals surface area contributed by atoms with Crippen LogP contribution < -0.4 is 11.5 Å². The zero-order valence-electron chi connectivity index (χ0n) is 26.3. The van der Waals surface area contributed by atoms with Gasteiger partial charge in [-0.3, -0.25) is 0 Å². The SMILES string of the molecule is Nc1c(-c2ccc3ccccc3c2)c(N)c(-c2ccc3ccccc3c2)c(-c2ccc3ccccc3c2)c1-c1ccc2ccccc2c1. The van der Waals surface area contributed by atoms with Crippen molar-refractivity contribution in [2.75, 3.05) is 11.5 Å². The monoisotopic (exact) mass is 612 g/mol. The Morgan fingerprint density at radius 3 is 0.792 bits per heavy atom. The number of rotatable bonds is 4. The first-order valence-corrected chi connectivity index (χ1v) is 16.3. The molecular formula is C46H32N2. The van der Waals surface area contributed by atoms with E-state index < -0.39 is 0 Å². The minimum atomic E-state index is 0.672. The van der Waals surface area contributed by atoms with Crippen molar-refractivity contribution in [1.29, 1.82) is 0 Å². The minimum Gasteiger partial charge on any atom is -0.398 e. The average molecular weight is 613 g/mol. The molecule has 9 rings (SSSR count). The summed E-state index contributed by atoms with van der Waals surface area (Å²) in [4.78, 5) is 0. The quantitative estimate of drug-likeness (QED) is 0.194. The van der Waals surface area contributed by atoms with Crippen molar-refractivity contribution in [3.8, 4) is 44.5 Å². The first kappa shape index (κ1) is 27.9. The second-order valence-electron chi connectivity index (χ2n) is 12.6. The molecule has 9 aromatic rings. The lowest BCUT2D eigenvalue weighted by Crippen LogP contribution is -2.05. The van der Waals surface area contributed by atoms with Crippen LogP contribution >= 0.6 is 0 Å². The van der Waals surface area contributed by atoms with Crippen molar-refractivity contribution < 1.29 is 0 Å². The van der Waals surface area contributed by atoms with E-state index in [0.29, 0.717) is 11.4 Å². The van der Waals surface area contributed by atoms with Gasteiger partial charge in [0.2, 0.25) is 0 Å². The van der Waals surface area contributed by atoms with Crippen LogP contribution in [0.1, 0.15) is 0 Å². The van der Waals surface area contributed by atoms with Gasteiger partial charge in [-0.15, -0.1) is 0 Å². The molecule has 2 nitrogen and oxygen atoms in total. The molecule has 0 unspecified atom stereocenters. The van der Waals surface area contributed by atoms with E-state index in [1.165, 1.54) is 26.9 Å². The van der Waals surface area contributed by atoms with Crippen LogP contribution in [-0.2, 0) is 0 Å². The molecule has 0 atom stereocenters. The molecule has 2 heteroatoms. The van der Waals surface area contributed by atoms with Crippen LogP contribution in [0.3, 0.4) is 0 Å². The molecule has 0 bridgehead atoms. The van der Waals surface area contributed by atoms with Gasteiger partial charge in [-0.25, -0.2) is 0 Å². The summed E-state index contributed by atoms with van der Waals surface area (Å²) in [5.41, 5.74) is 24.3. The maximum atomic E-state index is 7.44. The van der Waals surface area contributed by atoms with Crippen LogP contribution in [0.5, 0.6) is 0 Å². The van der Waals surface area contributed by atoms with Crippen molar-refractivity contribution in [2.24, 2.45) is 0 Å². The normalized spacial score (nSPS) is 11.5. The Hall–Kier alpha value is -6.38. The molecule has 0 radical (unpaired) electrons. The second-order valence-corrected chi connectivity index (χ2v) is 12.6. The zero-order valence-corrected chi connectivity index (χ0v) is 26.3. The summed E-state index contributed by atoms with van der Waals surface area (Å²) in [5.74, 6) is 0. The molecule has 0 aromatic heterocycles. The number of fused-ring (bicyclic) bond motifs is 4. The fourth-order valence-electron chi connectivity index (χ4n) is 7.37. The van der Waals surface area contributed by atoms with E-state index in [0.717, 1.165) is 60.7 Å². The predicted molar refractivity (Wildman–Crippen MR) is 207 cm³/mol. The predicted octanol–water partition coefficient (Wildman–Crippen LogP) is 12.1. The van der Waals surface area contributed by atoms with Crippen molar-refractivity contribution >= 4 is 54.5 Å². The zero-order chi connectivity index (χ0) is 32.2.